The van der Waals surface area contributed by atoms with Crippen LogP contribution in [-0.2, 0) is 4.79 Å². The SMILES string of the molecule is CC(c1ccc(C#CCCO)cc1)N1CCCCCC1=O. The van der Waals surface area contributed by atoms with Gasteiger partial charge in [-0.1, -0.05) is 30.4 Å². The molecule has 3 nitrogen and oxygen atoms in total. The Kier molecular flexibility index (Phi) is 5.83. The molecule has 21 heavy (non-hydrogen) atoms. The van der Waals surface area contributed by atoms with E-state index in [0.29, 0.717) is 12.8 Å². The molecule has 0 aliphatic carbocycles. The number of aliphatic hydroxyl groups excluding tert-OH is 1. The van der Waals surface area contributed by atoms with Crippen LogP contribution in [0.25, 0.3) is 0 Å². The molecule has 1 aromatic rings. The van der Waals surface area contributed by atoms with E-state index in [9.17, 15) is 4.79 Å². The summed E-state index contributed by atoms with van der Waals surface area (Å²) in [5.74, 6) is 6.20. The van der Waals surface area contributed by atoms with Crippen LogP contribution in [0.15, 0.2) is 24.3 Å². The minimum Gasteiger partial charge on any atom is -0.395 e. The highest BCUT2D eigenvalue weighted by atomic mass is 16.2. The lowest BCUT2D eigenvalue weighted by molar-refractivity contribution is -0.132. The molecule has 3 heteroatoms. The Bertz CT molecular complexity index is 524. The van der Waals surface area contributed by atoms with Crippen LogP contribution in [0.1, 0.15) is 56.2 Å². The van der Waals surface area contributed by atoms with Gasteiger partial charge in [0.1, 0.15) is 0 Å². The summed E-state index contributed by atoms with van der Waals surface area (Å²) in [5, 5.41) is 8.71. The van der Waals surface area contributed by atoms with Crippen LogP contribution in [0, 0.1) is 11.8 Å². The van der Waals surface area contributed by atoms with Gasteiger partial charge in [-0.25, -0.2) is 0 Å². The minimum absolute atomic E-state index is 0.0964. The van der Waals surface area contributed by atoms with Crippen molar-refractivity contribution in [3.05, 3.63) is 35.4 Å². The van der Waals surface area contributed by atoms with Gasteiger partial charge >= 0.3 is 0 Å². The summed E-state index contributed by atoms with van der Waals surface area (Å²) in [6.45, 7) is 3.05. The molecule has 112 valence electrons. The van der Waals surface area contributed by atoms with Gasteiger partial charge in [-0.05, 0) is 37.5 Å². The summed E-state index contributed by atoms with van der Waals surface area (Å²) in [7, 11) is 0. The Labute approximate surface area is 127 Å². The third-order valence-corrected chi connectivity index (χ3v) is 3.94. The van der Waals surface area contributed by atoms with Crippen LogP contribution in [0.3, 0.4) is 0 Å². The van der Waals surface area contributed by atoms with Gasteiger partial charge in [0.25, 0.3) is 0 Å². The van der Waals surface area contributed by atoms with Crippen molar-refractivity contribution >= 4 is 5.91 Å². The van der Waals surface area contributed by atoms with Crippen molar-refractivity contribution < 1.29 is 9.90 Å². The molecule has 1 saturated heterocycles. The average molecular weight is 285 g/mol. The number of hydrogen-bond acceptors (Lipinski definition) is 2. The van der Waals surface area contributed by atoms with Gasteiger partial charge in [0.05, 0.1) is 12.6 Å². The lowest BCUT2D eigenvalue weighted by Crippen LogP contribution is -2.32. The van der Waals surface area contributed by atoms with Gasteiger partial charge in [-0.15, -0.1) is 0 Å². The Balaban J connectivity index is 2.07. The molecule has 1 aliphatic rings. The molecule has 1 fully saturated rings. The third-order valence-electron chi connectivity index (χ3n) is 3.94. The van der Waals surface area contributed by atoms with E-state index in [4.69, 9.17) is 5.11 Å². The van der Waals surface area contributed by atoms with Crippen LogP contribution in [0.5, 0.6) is 0 Å². The van der Waals surface area contributed by atoms with Crippen molar-refractivity contribution in [2.75, 3.05) is 13.2 Å². The lowest BCUT2D eigenvalue weighted by Gasteiger charge is -2.28. The molecule has 0 bridgehead atoms. The highest BCUT2D eigenvalue weighted by Crippen LogP contribution is 2.24. The second-order valence-corrected chi connectivity index (χ2v) is 5.47. The zero-order valence-corrected chi connectivity index (χ0v) is 12.6. The van der Waals surface area contributed by atoms with E-state index < -0.39 is 0 Å². The van der Waals surface area contributed by atoms with Gasteiger partial charge in [-0.3, -0.25) is 4.79 Å². The number of amides is 1. The number of hydrogen-bond donors (Lipinski definition) is 1. The fourth-order valence-electron chi connectivity index (χ4n) is 2.66. The van der Waals surface area contributed by atoms with E-state index in [1.54, 1.807) is 0 Å². The molecule has 0 aromatic heterocycles. The predicted octanol–water partition coefficient (Wildman–Crippen LogP) is 2.88. The van der Waals surface area contributed by atoms with Crippen molar-refractivity contribution in [1.82, 2.24) is 4.90 Å². The second-order valence-electron chi connectivity index (χ2n) is 5.47. The molecule has 1 unspecified atom stereocenters. The summed E-state index contributed by atoms with van der Waals surface area (Å²) in [4.78, 5) is 14.1. The van der Waals surface area contributed by atoms with E-state index in [1.807, 2.05) is 29.2 Å². The maximum absolute atomic E-state index is 12.2. The predicted molar refractivity (Wildman–Crippen MR) is 83.6 cm³/mol. The van der Waals surface area contributed by atoms with Crippen molar-refractivity contribution in [2.45, 2.75) is 45.1 Å². The van der Waals surface area contributed by atoms with Crippen LogP contribution >= 0.6 is 0 Å². The highest BCUT2D eigenvalue weighted by Gasteiger charge is 2.22. The van der Waals surface area contributed by atoms with Gasteiger partial charge in [-0.2, -0.15) is 0 Å². The topological polar surface area (TPSA) is 40.5 Å². The Morgan fingerprint density at radius 1 is 1.24 bits per heavy atom. The quantitative estimate of drug-likeness (QED) is 0.868. The first-order valence-electron chi connectivity index (χ1n) is 7.71. The molecule has 1 atom stereocenters. The standard InChI is InChI=1S/C18H23NO2/c1-15(19-13-5-2-3-8-18(19)21)17-11-9-16(10-12-17)7-4-6-14-20/h9-12,15,20H,2-3,5-6,8,13-14H2,1H3. The largest absolute Gasteiger partial charge is 0.395 e. The summed E-state index contributed by atoms with van der Waals surface area (Å²) in [5.41, 5.74) is 2.10. The maximum atomic E-state index is 12.2. The number of benzene rings is 1. The van der Waals surface area contributed by atoms with Gasteiger partial charge in [0, 0.05) is 24.9 Å². The zero-order valence-electron chi connectivity index (χ0n) is 12.6. The first-order chi connectivity index (χ1) is 10.2. The monoisotopic (exact) mass is 285 g/mol. The zero-order chi connectivity index (χ0) is 15.1. The van der Waals surface area contributed by atoms with Crippen molar-refractivity contribution in [2.24, 2.45) is 0 Å². The molecule has 0 radical (unpaired) electrons. The average Bonchev–Trinajstić information content (AvgIpc) is 2.72. The number of rotatable bonds is 3. The lowest BCUT2D eigenvalue weighted by atomic mass is 10.0. The van der Waals surface area contributed by atoms with Gasteiger partial charge in [0.2, 0.25) is 5.91 Å². The normalized spacial score (nSPS) is 16.9. The smallest absolute Gasteiger partial charge is 0.223 e. The third kappa shape index (κ3) is 4.34. The molecule has 1 aromatic carbocycles. The summed E-state index contributed by atoms with van der Waals surface area (Å²) >= 11 is 0. The van der Waals surface area contributed by atoms with Gasteiger partial charge in [0.15, 0.2) is 0 Å². The Morgan fingerprint density at radius 2 is 2.00 bits per heavy atom. The first-order valence-corrected chi connectivity index (χ1v) is 7.71. The minimum atomic E-state index is 0.0964. The maximum Gasteiger partial charge on any atom is 0.223 e. The van der Waals surface area contributed by atoms with E-state index in [-0.39, 0.29) is 18.6 Å². The van der Waals surface area contributed by atoms with Crippen molar-refractivity contribution in [3.63, 3.8) is 0 Å². The fraction of sp³-hybridized carbons (Fsp3) is 0.500. The molecular weight excluding hydrogens is 262 g/mol. The molecule has 1 N–H and O–H groups in total. The van der Waals surface area contributed by atoms with Crippen LogP contribution in [0.2, 0.25) is 0 Å². The molecule has 1 heterocycles. The van der Waals surface area contributed by atoms with Crippen LogP contribution in [-0.4, -0.2) is 29.1 Å². The first kappa shape index (κ1) is 15.6. The van der Waals surface area contributed by atoms with Crippen LogP contribution < -0.4 is 0 Å². The van der Waals surface area contributed by atoms with Crippen LogP contribution in [0.4, 0.5) is 0 Å². The highest BCUT2D eigenvalue weighted by molar-refractivity contribution is 5.76. The van der Waals surface area contributed by atoms with Gasteiger partial charge < -0.3 is 10.0 Å². The number of nitrogens with zero attached hydrogens (tertiary/aromatic N) is 1. The van der Waals surface area contributed by atoms with Crippen molar-refractivity contribution in [1.29, 1.82) is 0 Å². The number of aliphatic hydroxyl groups is 1. The van der Waals surface area contributed by atoms with E-state index >= 15 is 0 Å². The molecule has 1 aliphatic heterocycles. The number of likely N-dealkylation sites (tertiary alicyclic amines) is 1. The van der Waals surface area contributed by atoms with E-state index in [2.05, 4.69) is 18.8 Å². The number of carbonyl (C=O) groups is 1. The van der Waals surface area contributed by atoms with E-state index in [0.717, 1.165) is 36.9 Å². The molecule has 0 spiro atoms. The van der Waals surface area contributed by atoms with E-state index in [1.165, 1.54) is 0 Å². The Hall–Kier alpha value is -1.79. The molecule has 1 amide bonds. The summed E-state index contributed by atoms with van der Waals surface area (Å²) in [6, 6.07) is 8.18. The Morgan fingerprint density at radius 3 is 2.71 bits per heavy atom. The fourth-order valence-corrected chi connectivity index (χ4v) is 2.66. The second kappa shape index (κ2) is 7.85. The molecule has 0 saturated carbocycles. The summed E-state index contributed by atoms with van der Waals surface area (Å²) < 4.78 is 0. The molecular formula is C18H23NO2. The van der Waals surface area contributed by atoms with Crippen molar-refractivity contribution in [3.8, 4) is 11.8 Å². The number of carbonyl (C=O) groups excluding carboxylic acids is 1. The molecule has 2 rings (SSSR count). The summed E-state index contributed by atoms with van der Waals surface area (Å²) in [6.07, 6.45) is 4.44.